The molecule has 5 heteroatoms. The SMILES string of the molecule is Nc1cn(-c2ccc(Cl)cc2)nc1-c1ccccc1Cl. The molecule has 0 spiro atoms. The molecule has 0 bridgehead atoms. The molecule has 1 heterocycles. The molecule has 20 heavy (non-hydrogen) atoms. The van der Waals surface area contributed by atoms with Gasteiger partial charge in [-0.05, 0) is 30.3 Å². The second-order valence-corrected chi connectivity index (χ2v) is 5.18. The number of hydrogen-bond donors (Lipinski definition) is 1. The van der Waals surface area contributed by atoms with E-state index in [1.807, 2.05) is 48.5 Å². The van der Waals surface area contributed by atoms with E-state index in [-0.39, 0.29) is 0 Å². The summed E-state index contributed by atoms with van der Waals surface area (Å²) in [5, 5.41) is 5.81. The van der Waals surface area contributed by atoms with Gasteiger partial charge in [0.15, 0.2) is 0 Å². The van der Waals surface area contributed by atoms with E-state index in [1.54, 1.807) is 10.9 Å². The summed E-state index contributed by atoms with van der Waals surface area (Å²) in [7, 11) is 0. The van der Waals surface area contributed by atoms with Gasteiger partial charge in [0, 0.05) is 10.6 Å². The first-order chi connectivity index (χ1) is 9.65. The molecule has 0 aliphatic carbocycles. The molecular formula is C15H11Cl2N3. The molecule has 0 aliphatic rings. The molecule has 0 saturated heterocycles. The van der Waals surface area contributed by atoms with Crippen LogP contribution in [-0.2, 0) is 0 Å². The van der Waals surface area contributed by atoms with Crippen molar-refractivity contribution in [2.75, 3.05) is 5.73 Å². The average molecular weight is 304 g/mol. The standard InChI is InChI=1S/C15H11Cl2N3/c16-10-5-7-11(8-6-10)20-9-14(18)15(19-20)12-3-1-2-4-13(12)17/h1-9H,18H2. The van der Waals surface area contributed by atoms with E-state index < -0.39 is 0 Å². The average Bonchev–Trinajstić information content (AvgIpc) is 2.82. The van der Waals surface area contributed by atoms with Gasteiger partial charge in [0.2, 0.25) is 0 Å². The lowest BCUT2D eigenvalue weighted by Gasteiger charge is -2.02. The van der Waals surface area contributed by atoms with Crippen molar-refractivity contribution in [2.24, 2.45) is 0 Å². The third-order valence-electron chi connectivity index (χ3n) is 2.96. The van der Waals surface area contributed by atoms with Crippen molar-refractivity contribution >= 4 is 28.9 Å². The molecule has 2 N–H and O–H groups in total. The van der Waals surface area contributed by atoms with Crippen molar-refractivity contribution in [2.45, 2.75) is 0 Å². The molecule has 0 aliphatic heterocycles. The van der Waals surface area contributed by atoms with Crippen LogP contribution in [0, 0.1) is 0 Å². The Morgan fingerprint density at radius 1 is 0.950 bits per heavy atom. The summed E-state index contributed by atoms with van der Waals surface area (Å²) in [4.78, 5) is 0. The Kier molecular flexibility index (Phi) is 3.38. The zero-order chi connectivity index (χ0) is 14.1. The monoisotopic (exact) mass is 303 g/mol. The largest absolute Gasteiger partial charge is 0.396 e. The van der Waals surface area contributed by atoms with Crippen LogP contribution in [-0.4, -0.2) is 9.78 Å². The Balaban J connectivity index is 2.08. The summed E-state index contributed by atoms with van der Waals surface area (Å²) in [5.41, 5.74) is 9.00. The number of anilines is 1. The van der Waals surface area contributed by atoms with Crippen molar-refractivity contribution in [3.05, 3.63) is 64.8 Å². The quantitative estimate of drug-likeness (QED) is 0.761. The summed E-state index contributed by atoms with van der Waals surface area (Å²) in [6.07, 6.45) is 1.77. The van der Waals surface area contributed by atoms with Gasteiger partial charge in [0.05, 0.1) is 22.6 Å². The van der Waals surface area contributed by atoms with Gasteiger partial charge in [-0.2, -0.15) is 5.10 Å². The van der Waals surface area contributed by atoms with Gasteiger partial charge >= 0.3 is 0 Å². The van der Waals surface area contributed by atoms with E-state index in [2.05, 4.69) is 5.10 Å². The zero-order valence-corrected chi connectivity index (χ0v) is 11.9. The number of benzene rings is 2. The van der Waals surface area contributed by atoms with E-state index >= 15 is 0 Å². The fourth-order valence-corrected chi connectivity index (χ4v) is 2.33. The van der Waals surface area contributed by atoms with Gasteiger partial charge < -0.3 is 5.73 Å². The first-order valence-corrected chi connectivity index (χ1v) is 6.77. The van der Waals surface area contributed by atoms with E-state index in [0.29, 0.717) is 21.4 Å². The highest BCUT2D eigenvalue weighted by atomic mass is 35.5. The second-order valence-electron chi connectivity index (χ2n) is 4.33. The molecule has 0 unspecified atom stereocenters. The Labute approximate surface area is 126 Å². The molecule has 0 radical (unpaired) electrons. The maximum absolute atomic E-state index is 6.18. The van der Waals surface area contributed by atoms with Crippen LogP contribution in [0.25, 0.3) is 16.9 Å². The number of nitrogens with two attached hydrogens (primary N) is 1. The molecule has 3 nitrogen and oxygen atoms in total. The Hall–Kier alpha value is -1.97. The van der Waals surface area contributed by atoms with E-state index in [1.165, 1.54) is 0 Å². The molecule has 0 amide bonds. The molecule has 2 aromatic carbocycles. The van der Waals surface area contributed by atoms with Crippen LogP contribution in [0.2, 0.25) is 10.0 Å². The van der Waals surface area contributed by atoms with Crippen LogP contribution in [0.5, 0.6) is 0 Å². The summed E-state index contributed by atoms with van der Waals surface area (Å²) in [5.74, 6) is 0. The Bertz CT molecular complexity index is 748. The van der Waals surface area contributed by atoms with Crippen LogP contribution >= 0.6 is 23.2 Å². The lowest BCUT2D eigenvalue weighted by atomic mass is 10.1. The fraction of sp³-hybridized carbons (Fsp3) is 0. The minimum absolute atomic E-state index is 0.577. The highest BCUT2D eigenvalue weighted by Crippen LogP contribution is 2.31. The molecule has 0 fully saturated rings. The molecule has 0 saturated carbocycles. The normalized spacial score (nSPS) is 10.7. The summed E-state index contributed by atoms with van der Waals surface area (Å²) < 4.78 is 1.71. The minimum atomic E-state index is 0.577. The summed E-state index contributed by atoms with van der Waals surface area (Å²) in [6, 6.07) is 14.9. The van der Waals surface area contributed by atoms with Crippen LogP contribution in [0.3, 0.4) is 0 Å². The zero-order valence-electron chi connectivity index (χ0n) is 10.4. The van der Waals surface area contributed by atoms with E-state index in [9.17, 15) is 0 Å². The van der Waals surface area contributed by atoms with Gasteiger partial charge in [-0.3, -0.25) is 0 Å². The number of aromatic nitrogens is 2. The van der Waals surface area contributed by atoms with Crippen molar-refractivity contribution in [3.63, 3.8) is 0 Å². The van der Waals surface area contributed by atoms with Gasteiger partial charge in [-0.1, -0.05) is 41.4 Å². The number of hydrogen-bond acceptors (Lipinski definition) is 2. The maximum atomic E-state index is 6.18. The number of nitrogen functional groups attached to an aromatic ring is 1. The predicted molar refractivity (Wildman–Crippen MR) is 83.4 cm³/mol. The molecule has 0 atom stereocenters. The van der Waals surface area contributed by atoms with Crippen molar-refractivity contribution < 1.29 is 0 Å². The number of nitrogens with zero attached hydrogens (tertiary/aromatic N) is 2. The predicted octanol–water partition coefficient (Wildman–Crippen LogP) is 4.43. The van der Waals surface area contributed by atoms with Crippen molar-refractivity contribution in [1.29, 1.82) is 0 Å². The van der Waals surface area contributed by atoms with Crippen LogP contribution in [0.15, 0.2) is 54.7 Å². The van der Waals surface area contributed by atoms with Gasteiger partial charge in [0.25, 0.3) is 0 Å². The highest BCUT2D eigenvalue weighted by Gasteiger charge is 2.12. The van der Waals surface area contributed by atoms with Crippen LogP contribution in [0.1, 0.15) is 0 Å². The smallest absolute Gasteiger partial charge is 0.117 e. The van der Waals surface area contributed by atoms with Crippen LogP contribution in [0.4, 0.5) is 5.69 Å². The molecule has 100 valence electrons. The number of halogens is 2. The topological polar surface area (TPSA) is 43.8 Å². The van der Waals surface area contributed by atoms with E-state index in [0.717, 1.165) is 11.3 Å². The van der Waals surface area contributed by atoms with Crippen LogP contribution < -0.4 is 5.73 Å². The lowest BCUT2D eigenvalue weighted by molar-refractivity contribution is 0.884. The third kappa shape index (κ3) is 2.38. The van der Waals surface area contributed by atoms with Gasteiger partial charge in [-0.25, -0.2) is 4.68 Å². The van der Waals surface area contributed by atoms with Crippen molar-refractivity contribution in [3.8, 4) is 16.9 Å². The minimum Gasteiger partial charge on any atom is -0.396 e. The fourth-order valence-electron chi connectivity index (χ4n) is 1.98. The first-order valence-electron chi connectivity index (χ1n) is 6.01. The highest BCUT2D eigenvalue weighted by molar-refractivity contribution is 6.33. The summed E-state index contributed by atoms with van der Waals surface area (Å²) >= 11 is 12.1. The number of rotatable bonds is 2. The summed E-state index contributed by atoms with van der Waals surface area (Å²) in [6.45, 7) is 0. The third-order valence-corrected chi connectivity index (χ3v) is 3.54. The second kappa shape index (κ2) is 5.19. The van der Waals surface area contributed by atoms with E-state index in [4.69, 9.17) is 28.9 Å². The molecule has 3 rings (SSSR count). The maximum Gasteiger partial charge on any atom is 0.117 e. The van der Waals surface area contributed by atoms with Gasteiger partial charge in [0.1, 0.15) is 5.69 Å². The van der Waals surface area contributed by atoms with Crippen molar-refractivity contribution in [1.82, 2.24) is 9.78 Å². The lowest BCUT2D eigenvalue weighted by Crippen LogP contribution is -1.94. The molecular weight excluding hydrogens is 293 g/mol. The molecule has 1 aromatic heterocycles. The van der Waals surface area contributed by atoms with Gasteiger partial charge in [-0.15, -0.1) is 0 Å². The molecule has 3 aromatic rings. The Morgan fingerprint density at radius 3 is 2.35 bits per heavy atom. The first kappa shape index (κ1) is 13.0. The Morgan fingerprint density at radius 2 is 1.65 bits per heavy atom.